The minimum atomic E-state index is 0.0204. The summed E-state index contributed by atoms with van der Waals surface area (Å²) in [6.07, 6.45) is 3.45. The summed E-state index contributed by atoms with van der Waals surface area (Å²) in [5.41, 5.74) is 3.13. The number of aromatic nitrogens is 3. The third kappa shape index (κ3) is 4.50. The minimum Gasteiger partial charge on any atom is -0.324 e. The molecular formula is C23H28ClN5O. The van der Waals surface area contributed by atoms with Gasteiger partial charge in [-0.1, -0.05) is 17.7 Å². The van der Waals surface area contributed by atoms with Crippen molar-refractivity contribution in [1.29, 1.82) is 0 Å². The van der Waals surface area contributed by atoms with E-state index in [0.29, 0.717) is 16.9 Å². The molecule has 1 aliphatic heterocycles. The Morgan fingerprint density at radius 3 is 2.67 bits per heavy atom. The quantitative estimate of drug-likeness (QED) is 0.636. The van der Waals surface area contributed by atoms with Crippen molar-refractivity contribution in [2.75, 3.05) is 18.4 Å². The van der Waals surface area contributed by atoms with Gasteiger partial charge in [-0.2, -0.15) is 0 Å². The molecule has 0 bridgehead atoms. The molecule has 30 heavy (non-hydrogen) atoms. The van der Waals surface area contributed by atoms with Crippen molar-refractivity contribution in [3.63, 3.8) is 0 Å². The minimum absolute atomic E-state index is 0.0204. The van der Waals surface area contributed by atoms with Crippen LogP contribution in [0.5, 0.6) is 0 Å². The van der Waals surface area contributed by atoms with Crippen LogP contribution in [0, 0.1) is 12.8 Å². The number of imidazole rings is 1. The van der Waals surface area contributed by atoms with Crippen molar-refractivity contribution in [2.24, 2.45) is 5.92 Å². The van der Waals surface area contributed by atoms with Gasteiger partial charge in [0.15, 0.2) is 0 Å². The molecule has 0 atom stereocenters. The lowest BCUT2D eigenvalue weighted by molar-refractivity contribution is -0.121. The first-order chi connectivity index (χ1) is 14.4. The maximum atomic E-state index is 12.6. The van der Waals surface area contributed by atoms with Crippen LogP contribution in [-0.4, -0.2) is 38.4 Å². The maximum absolute atomic E-state index is 12.6. The van der Waals surface area contributed by atoms with Gasteiger partial charge in [0.25, 0.3) is 0 Å². The lowest BCUT2D eigenvalue weighted by Crippen LogP contribution is -2.38. The molecule has 1 aliphatic rings. The molecule has 1 aromatic carbocycles. The van der Waals surface area contributed by atoms with Crippen LogP contribution in [0.15, 0.2) is 36.5 Å². The number of hydrogen-bond donors (Lipinski definition) is 1. The molecule has 0 spiro atoms. The number of benzene rings is 1. The highest BCUT2D eigenvalue weighted by atomic mass is 35.5. The van der Waals surface area contributed by atoms with Crippen LogP contribution in [-0.2, 0) is 11.3 Å². The first kappa shape index (κ1) is 20.8. The van der Waals surface area contributed by atoms with Gasteiger partial charge in [0.05, 0.1) is 17.6 Å². The van der Waals surface area contributed by atoms with Crippen LogP contribution < -0.4 is 5.32 Å². The summed E-state index contributed by atoms with van der Waals surface area (Å²) in [5, 5.41) is 3.66. The molecular weight excluding hydrogens is 398 g/mol. The zero-order chi connectivity index (χ0) is 21.3. The Bertz CT molecular complexity index is 1040. The summed E-state index contributed by atoms with van der Waals surface area (Å²) < 4.78 is 2.29. The van der Waals surface area contributed by atoms with E-state index in [-0.39, 0.29) is 11.8 Å². The third-order valence-corrected chi connectivity index (χ3v) is 5.96. The Kier molecular flexibility index (Phi) is 6.06. The number of fused-ring (bicyclic) bond motifs is 1. The van der Waals surface area contributed by atoms with Crippen molar-refractivity contribution in [2.45, 2.75) is 46.2 Å². The number of anilines is 1. The van der Waals surface area contributed by atoms with Gasteiger partial charge in [-0.3, -0.25) is 9.69 Å². The van der Waals surface area contributed by atoms with Gasteiger partial charge in [-0.05, 0) is 76.5 Å². The predicted molar refractivity (Wildman–Crippen MR) is 121 cm³/mol. The second-order valence-electron chi connectivity index (χ2n) is 8.39. The molecule has 3 heterocycles. The van der Waals surface area contributed by atoms with Crippen molar-refractivity contribution in [3.05, 3.63) is 52.9 Å². The van der Waals surface area contributed by atoms with E-state index < -0.39 is 0 Å². The third-order valence-electron chi connectivity index (χ3n) is 5.73. The van der Waals surface area contributed by atoms with E-state index in [1.807, 2.05) is 37.3 Å². The van der Waals surface area contributed by atoms with Gasteiger partial charge in [0, 0.05) is 23.2 Å². The van der Waals surface area contributed by atoms with E-state index in [4.69, 9.17) is 16.6 Å². The van der Waals surface area contributed by atoms with Gasteiger partial charge in [-0.25, -0.2) is 9.97 Å². The molecule has 1 saturated heterocycles. The van der Waals surface area contributed by atoms with Gasteiger partial charge >= 0.3 is 0 Å². The number of nitrogens with one attached hydrogen (secondary N) is 1. The second kappa shape index (κ2) is 8.74. The highest BCUT2D eigenvalue weighted by Gasteiger charge is 2.26. The molecule has 3 aromatic rings. The fourth-order valence-electron chi connectivity index (χ4n) is 4.13. The lowest BCUT2D eigenvalue weighted by atomic mass is 9.96. The molecule has 0 saturated carbocycles. The smallest absolute Gasteiger partial charge is 0.228 e. The molecule has 0 radical (unpaired) electrons. The number of rotatable bonds is 5. The molecule has 0 aliphatic carbocycles. The number of pyridine rings is 1. The number of aryl methyl sites for hydroxylation is 1. The summed E-state index contributed by atoms with van der Waals surface area (Å²) in [7, 11) is 0. The van der Waals surface area contributed by atoms with Gasteiger partial charge in [0.1, 0.15) is 11.6 Å². The average Bonchev–Trinajstić information content (AvgIpc) is 3.07. The number of nitrogens with zero attached hydrogens (tertiary/aromatic N) is 4. The van der Waals surface area contributed by atoms with E-state index in [1.165, 1.54) is 0 Å². The molecule has 6 nitrogen and oxygen atoms in total. The molecule has 0 unspecified atom stereocenters. The van der Waals surface area contributed by atoms with E-state index >= 15 is 0 Å². The zero-order valence-electron chi connectivity index (χ0n) is 17.7. The SMILES string of the molecule is Cc1ccc(NC(=O)C2CCN(Cc3nc4cc(Cl)ccc4n3C(C)C)CC2)nc1. The Labute approximate surface area is 182 Å². The number of hydrogen-bond acceptors (Lipinski definition) is 4. The van der Waals surface area contributed by atoms with Crippen molar-refractivity contribution in [3.8, 4) is 0 Å². The molecule has 1 amide bonds. The maximum Gasteiger partial charge on any atom is 0.228 e. The number of piperidine rings is 1. The van der Waals surface area contributed by atoms with Gasteiger partial charge < -0.3 is 9.88 Å². The van der Waals surface area contributed by atoms with Gasteiger partial charge in [-0.15, -0.1) is 0 Å². The number of carbonyl (C=O) groups is 1. The molecule has 7 heteroatoms. The Morgan fingerprint density at radius 2 is 2.00 bits per heavy atom. The van der Waals surface area contributed by atoms with Crippen LogP contribution in [0.4, 0.5) is 5.82 Å². The highest BCUT2D eigenvalue weighted by molar-refractivity contribution is 6.31. The van der Waals surface area contributed by atoms with Crippen molar-refractivity contribution < 1.29 is 4.79 Å². The predicted octanol–water partition coefficient (Wildman–Crippen LogP) is 4.82. The molecule has 2 aromatic heterocycles. The number of amides is 1. The normalized spacial score (nSPS) is 15.8. The van der Waals surface area contributed by atoms with Crippen molar-refractivity contribution in [1.82, 2.24) is 19.4 Å². The van der Waals surface area contributed by atoms with Crippen LogP contribution in [0.1, 0.15) is 44.1 Å². The number of halogens is 1. The summed E-state index contributed by atoms with van der Waals surface area (Å²) in [5.74, 6) is 1.76. The van der Waals surface area contributed by atoms with Crippen LogP contribution in [0.2, 0.25) is 5.02 Å². The largest absolute Gasteiger partial charge is 0.324 e. The average molecular weight is 426 g/mol. The van der Waals surface area contributed by atoms with E-state index in [2.05, 4.69) is 33.6 Å². The molecule has 1 N–H and O–H groups in total. The standard InChI is InChI=1S/C23H28ClN5O/c1-15(2)29-20-6-5-18(24)12-19(20)26-22(29)14-28-10-8-17(9-11-28)23(30)27-21-7-4-16(3)13-25-21/h4-7,12-13,15,17H,8-11,14H2,1-3H3,(H,25,27,30). The van der Waals surface area contributed by atoms with Crippen LogP contribution in [0.3, 0.4) is 0 Å². The summed E-state index contributed by atoms with van der Waals surface area (Å²) in [4.78, 5) is 24.1. The summed E-state index contributed by atoms with van der Waals surface area (Å²) in [6.45, 7) is 8.86. The summed E-state index contributed by atoms with van der Waals surface area (Å²) in [6, 6.07) is 10.0. The zero-order valence-corrected chi connectivity index (χ0v) is 18.5. The fraction of sp³-hybridized carbons (Fsp3) is 0.435. The van der Waals surface area contributed by atoms with Crippen LogP contribution >= 0.6 is 11.6 Å². The lowest BCUT2D eigenvalue weighted by Gasteiger charge is -2.31. The Balaban J connectivity index is 1.39. The Hall–Kier alpha value is -2.44. The molecule has 158 valence electrons. The second-order valence-corrected chi connectivity index (χ2v) is 8.82. The van der Waals surface area contributed by atoms with E-state index in [0.717, 1.165) is 54.9 Å². The fourth-order valence-corrected chi connectivity index (χ4v) is 4.30. The number of likely N-dealkylation sites (tertiary alicyclic amines) is 1. The first-order valence-corrected chi connectivity index (χ1v) is 10.9. The summed E-state index contributed by atoms with van der Waals surface area (Å²) >= 11 is 6.16. The topological polar surface area (TPSA) is 63.1 Å². The number of carbonyl (C=O) groups excluding carboxylic acids is 1. The van der Waals surface area contributed by atoms with Gasteiger partial charge in [0.2, 0.25) is 5.91 Å². The molecule has 4 rings (SSSR count). The van der Waals surface area contributed by atoms with Crippen molar-refractivity contribution >= 4 is 34.4 Å². The van der Waals surface area contributed by atoms with E-state index in [1.54, 1.807) is 6.20 Å². The first-order valence-electron chi connectivity index (χ1n) is 10.5. The highest BCUT2D eigenvalue weighted by Crippen LogP contribution is 2.26. The monoisotopic (exact) mass is 425 g/mol. The molecule has 1 fully saturated rings. The van der Waals surface area contributed by atoms with E-state index in [9.17, 15) is 4.79 Å². The Morgan fingerprint density at radius 1 is 1.23 bits per heavy atom. The van der Waals surface area contributed by atoms with Crippen LogP contribution in [0.25, 0.3) is 11.0 Å².